The molecule has 1 amide bonds. The van der Waals surface area contributed by atoms with Gasteiger partial charge >= 0.3 is 0 Å². The van der Waals surface area contributed by atoms with Crippen LogP contribution in [0.4, 0.5) is 5.82 Å². The highest BCUT2D eigenvalue weighted by Crippen LogP contribution is 2.14. The lowest BCUT2D eigenvalue weighted by atomic mass is 9.98. The Morgan fingerprint density at radius 1 is 1.35 bits per heavy atom. The topological polar surface area (TPSA) is 88.5 Å². The Morgan fingerprint density at radius 3 is 2.60 bits per heavy atom. The van der Waals surface area contributed by atoms with E-state index in [-0.39, 0.29) is 0 Å². The van der Waals surface area contributed by atoms with Crippen molar-refractivity contribution in [3.63, 3.8) is 0 Å². The Labute approximate surface area is 119 Å². The summed E-state index contributed by atoms with van der Waals surface area (Å²) in [5.74, 6) is 0.581. The van der Waals surface area contributed by atoms with Crippen molar-refractivity contribution in [1.29, 1.82) is 0 Å². The number of rotatable bonds is 5. The molecule has 1 unspecified atom stereocenters. The second-order valence-electron chi connectivity index (χ2n) is 5.55. The number of nitrogens with two attached hydrogens (primary N) is 2. The summed E-state index contributed by atoms with van der Waals surface area (Å²) in [5, 5.41) is 0. The van der Waals surface area contributed by atoms with Gasteiger partial charge in [-0.1, -0.05) is 6.07 Å². The molecule has 4 N–H and O–H groups in total. The number of nitrogens with zero attached hydrogens (tertiary/aromatic N) is 3. The lowest BCUT2D eigenvalue weighted by molar-refractivity contribution is -0.122. The third-order valence-corrected chi connectivity index (χ3v) is 3.86. The van der Waals surface area contributed by atoms with E-state index in [1.165, 1.54) is 0 Å². The number of amides is 1. The number of anilines is 1. The molecule has 1 aliphatic rings. The number of aromatic nitrogens is 1. The van der Waals surface area contributed by atoms with Gasteiger partial charge in [-0.05, 0) is 25.5 Å². The van der Waals surface area contributed by atoms with Crippen LogP contribution < -0.4 is 16.4 Å². The number of piperazine rings is 1. The minimum atomic E-state index is -0.919. The van der Waals surface area contributed by atoms with Crippen molar-refractivity contribution >= 4 is 11.7 Å². The minimum Gasteiger partial charge on any atom is -0.368 e. The van der Waals surface area contributed by atoms with Gasteiger partial charge in [-0.25, -0.2) is 4.98 Å². The lowest BCUT2D eigenvalue weighted by Gasteiger charge is -2.36. The van der Waals surface area contributed by atoms with Gasteiger partial charge in [0.05, 0.1) is 5.54 Å². The van der Waals surface area contributed by atoms with Crippen molar-refractivity contribution in [3.8, 4) is 0 Å². The van der Waals surface area contributed by atoms with Gasteiger partial charge < -0.3 is 16.4 Å². The molecule has 0 aliphatic carbocycles. The zero-order chi connectivity index (χ0) is 14.6. The van der Waals surface area contributed by atoms with Crippen LogP contribution in [-0.4, -0.2) is 54.1 Å². The Morgan fingerprint density at radius 2 is 2.05 bits per heavy atom. The van der Waals surface area contributed by atoms with E-state index in [0.717, 1.165) is 38.5 Å². The predicted molar refractivity (Wildman–Crippen MR) is 79.3 cm³/mol. The molecule has 20 heavy (non-hydrogen) atoms. The summed E-state index contributed by atoms with van der Waals surface area (Å²) < 4.78 is 0. The molecule has 110 valence electrons. The Kier molecular flexibility index (Phi) is 4.57. The van der Waals surface area contributed by atoms with E-state index in [9.17, 15) is 4.79 Å². The second kappa shape index (κ2) is 6.19. The summed E-state index contributed by atoms with van der Waals surface area (Å²) in [7, 11) is 0. The maximum Gasteiger partial charge on any atom is 0.237 e. The number of pyridine rings is 1. The summed E-state index contributed by atoms with van der Waals surface area (Å²) in [6.07, 6.45) is 2.40. The molecule has 0 aromatic carbocycles. The maximum absolute atomic E-state index is 11.2. The third-order valence-electron chi connectivity index (χ3n) is 3.86. The van der Waals surface area contributed by atoms with E-state index in [1.54, 1.807) is 6.92 Å². The highest BCUT2D eigenvalue weighted by atomic mass is 16.1. The summed E-state index contributed by atoms with van der Waals surface area (Å²) in [6.45, 7) is 6.27. The fourth-order valence-electron chi connectivity index (χ4n) is 2.25. The van der Waals surface area contributed by atoms with Crippen molar-refractivity contribution in [2.24, 2.45) is 11.5 Å². The highest BCUT2D eigenvalue weighted by Gasteiger charge is 2.27. The molecule has 6 nitrogen and oxygen atoms in total. The first-order valence-electron chi connectivity index (χ1n) is 6.96. The van der Waals surface area contributed by atoms with Gasteiger partial charge in [0.15, 0.2) is 0 Å². The zero-order valence-corrected chi connectivity index (χ0v) is 12.0. The van der Waals surface area contributed by atoms with Gasteiger partial charge in [0.25, 0.3) is 0 Å². The molecule has 1 aromatic rings. The molecule has 0 radical (unpaired) electrons. The molecule has 2 heterocycles. The molecule has 2 rings (SSSR count). The van der Waals surface area contributed by atoms with Gasteiger partial charge in [0, 0.05) is 38.9 Å². The SMILES string of the molecule is CC(N)(CCN1CCN(c2ccccn2)CC1)C(N)=O. The summed E-state index contributed by atoms with van der Waals surface area (Å²) in [6, 6.07) is 5.95. The molecule has 0 spiro atoms. The number of primary amides is 1. The van der Waals surface area contributed by atoms with Crippen molar-refractivity contribution in [3.05, 3.63) is 24.4 Å². The second-order valence-corrected chi connectivity index (χ2v) is 5.55. The van der Waals surface area contributed by atoms with Gasteiger partial charge in [-0.3, -0.25) is 9.69 Å². The first-order chi connectivity index (χ1) is 9.49. The highest BCUT2D eigenvalue weighted by molar-refractivity contribution is 5.83. The zero-order valence-electron chi connectivity index (χ0n) is 12.0. The number of hydrogen-bond donors (Lipinski definition) is 2. The van der Waals surface area contributed by atoms with E-state index in [4.69, 9.17) is 11.5 Å². The van der Waals surface area contributed by atoms with E-state index < -0.39 is 11.4 Å². The van der Waals surface area contributed by atoms with Gasteiger partial charge in [0.2, 0.25) is 5.91 Å². The van der Waals surface area contributed by atoms with E-state index in [0.29, 0.717) is 6.42 Å². The molecule has 6 heteroatoms. The van der Waals surface area contributed by atoms with Crippen LogP contribution >= 0.6 is 0 Å². The Hall–Kier alpha value is -1.66. The average molecular weight is 277 g/mol. The van der Waals surface area contributed by atoms with Crippen LogP contribution in [0.3, 0.4) is 0 Å². The number of carbonyl (C=O) groups is 1. The minimum absolute atomic E-state index is 0.440. The van der Waals surface area contributed by atoms with Crippen LogP contribution in [0, 0.1) is 0 Å². The van der Waals surface area contributed by atoms with Crippen molar-refractivity contribution in [2.45, 2.75) is 18.9 Å². The van der Waals surface area contributed by atoms with Gasteiger partial charge in [0.1, 0.15) is 5.82 Å². The van der Waals surface area contributed by atoms with Crippen molar-refractivity contribution < 1.29 is 4.79 Å². The van der Waals surface area contributed by atoms with Gasteiger partial charge in [-0.15, -0.1) is 0 Å². The Balaban J connectivity index is 1.79. The monoisotopic (exact) mass is 277 g/mol. The largest absolute Gasteiger partial charge is 0.368 e. The summed E-state index contributed by atoms with van der Waals surface area (Å²) in [5.41, 5.74) is 10.2. The third kappa shape index (κ3) is 3.68. The smallest absolute Gasteiger partial charge is 0.237 e. The quantitative estimate of drug-likeness (QED) is 0.778. The fraction of sp³-hybridized carbons (Fsp3) is 0.571. The number of hydrogen-bond acceptors (Lipinski definition) is 5. The van der Waals surface area contributed by atoms with Crippen LogP contribution in [0.15, 0.2) is 24.4 Å². The molecular formula is C14H23N5O. The summed E-state index contributed by atoms with van der Waals surface area (Å²) >= 11 is 0. The Bertz CT molecular complexity index is 440. The fourth-order valence-corrected chi connectivity index (χ4v) is 2.25. The van der Waals surface area contributed by atoms with Crippen LogP contribution in [-0.2, 0) is 4.79 Å². The first-order valence-corrected chi connectivity index (χ1v) is 6.96. The number of carbonyl (C=O) groups excluding carboxylic acids is 1. The lowest BCUT2D eigenvalue weighted by Crippen LogP contribution is -2.53. The normalized spacial score (nSPS) is 19.6. The molecule has 1 aliphatic heterocycles. The molecule has 1 fully saturated rings. The van der Waals surface area contributed by atoms with E-state index >= 15 is 0 Å². The first kappa shape index (κ1) is 14.7. The molecule has 1 aromatic heterocycles. The van der Waals surface area contributed by atoms with Crippen LogP contribution in [0.2, 0.25) is 0 Å². The molecular weight excluding hydrogens is 254 g/mol. The maximum atomic E-state index is 11.2. The van der Waals surface area contributed by atoms with Crippen molar-refractivity contribution in [1.82, 2.24) is 9.88 Å². The van der Waals surface area contributed by atoms with Crippen LogP contribution in [0.1, 0.15) is 13.3 Å². The molecule has 1 saturated heterocycles. The van der Waals surface area contributed by atoms with Gasteiger partial charge in [-0.2, -0.15) is 0 Å². The van der Waals surface area contributed by atoms with Crippen LogP contribution in [0.25, 0.3) is 0 Å². The van der Waals surface area contributed by atoms with E-state index in [1.807, 2.05) is 24.4 Å². The molecule has 1 atom stereocenters. The van der Waals surface area contributed by atoms with Crippen molar-refractivity contribution in [2.75, 3.05) is 37.6 Å². The predicted octanol–water partition coefficient (Wildman–Crippen LogP) is -0.204. The standard InChI is InChI=1S/C14H23N5O/c1-14(16,13(15)20)5-7-18-8-10-19(11-9-18)12-4-2-3-6-17-12/h2-4,6H,5,7-11,16H2,1H3,(H2,15,20). The van der Waals surface area contributed by atoms with E-state index in [2.05, 4.69) is 14.8 Å². The molecule has 0 bridgehead atoms. The molecule has 0 saturated carbocycles. The summed E-state index contributed by atoms with van der Waals surface area (Å²) in [4.78, 5) is 20.1. The van der Waals surface area contributed by atoms with Crippen LogP contribution in [0.5, 0.6) is 0 Å². The average Bonchev–Trinajstić information content (AvgIpc) is 2.46.